The molecule has 0 atom stereocenters. The number of anilines is 1. The van der Waals surface area contributed by atoms with Crippen LogP contribution in [0, 0.1) is 0 Å². The first-order valence-corrected chi connectivity index (χ1v) is 8.80. The molecule has 0 bridgehead atoms. The van der Waals surface area contributed by atoms with Crippen LogP contribution in [0.1, 0.15) is 24.7 Å². The van der Waals surface area contributed by atoms with Crippen LogP contribution in [0.15, 0.2) is 29.0 Å². The van der Waals surface area contributed by atoms with Gasteiger partial charge in [0, 0.05) is 24.6 Å². The fourth-order valence-electron chi connectivity index (χ4n) is 2.53. The Bertz CT molecular complexity index is 881. The average molecular weight is 406 g/mol. The molecule has 0 aliphatic carbocycles. The molecule has 0 unspecified atom stereocenters. The topological polar surface area (TPSA) is 73.6 Å². The minimum Gasteiger partial charge on any atom is -0.497 e. The van der Waals surface area contributed by atoms with Gasteiger partial charge in [-0.15, -0.1) is 0 Å². The normalized spacial score (nSPS) is 10.9. The standard InChI is InChI=1S/C17H20BrN5O2/c1-4-5-15-21-17-16(20-14(18)10-23(17)22-15)19-9-11-6-7-12(24-2)8-13(11)25-3/h6-8,10H,4-5,9H2,1-3H3,(H,19,20). The van der Waals surface area contributed by atoms with Crippen molar-refractivity contribution in [1.82, 2.24) is 19.6 Å². The van der Waals surface area contributed by atoms with Gasteiger partial charge in [-0.2, -0.15) is 5.10 Å². The van der Waals surface area contributed by atoms with E-state index in [1.165, 1.54) is 0 Å². The van der Waals surface area contributed by atoms with Crippen molar-refractivity contribution in [2.24, 2.45) is 0 Å². The second-order valence-electron chi connectivity index (χ2n) is 5.49. The third kappa shape index (κ3) is 3.84. The van der Waals surface area contributed by atoms with Crippen molar-refractivity contribution in [3.63, 3.8) is 0 Å². The van der Waals surface area contributed by atoms with Crippen LogP contribution in [0.3, 0.4) is 0 Å². The monoisotopic (exact) mass is 405 g/mol. The molecule has 0 amide bonds. The van der Waals surface area contributed by atoms with Gasteiger partial charge >= 0.3 is 0 Å². The van der Waals surface area contributed by atoms with Gasteiger partial charge in [0.1, 0.15) is 16.1 Å². The Kier molecular flexibility index (Phi) is 5.37. The van der Waals surface area contributed by atoms with E-state index in [1.807, 2.05) is 18.2 Å². The number of nitrogens with zero attached hydrogens (tertiary/aromatic N) is 4. The molecule has 0 aliphatic rings. The summed E-state index contributed by atoms with van der Waals surface area (Å²) in [5.41, 5.74) is 1.70. The number of hydrogen-bond acceptors (Lipinski definition) is 6. The van der Waals surface area contributed by atoms with E-state index in [9.17, 15) is 0 Å². The molecule has 0 aliphatic heterocycles. The van der Waals surface area contributed by atoms with Gasteiger partial charge in [0.2, 0.25) is 0 Å². The Balaban J connectivity index is 1.88. The minimum absolute atomic E-state index is 0.544. The number of benzene rings is 1. The molecule has 2 heterocycles. The molecule has 8 heteroatoms. The van der Waals surface area contributed by atoms with Crippen LogP contribution in [0.2, 0.25) is 0 Å². The highest BCUT2D eigenvalue weighted by Gasteiger charge is 2.12. The van der Waals surface area contributed by atoms with Crippen molar-refractivity contribution in [2.45, 2.75) is 26.3 Å². The molecule has 0 fully saturated rings. The van der Waals surface area contributed by atoms with Crippen LogP contribution in [0.25, 0.3) is 5.65 Å². The molecule has 0 saturated heterocycles. The van der Waals surface area contributed by atoms with E-state index in [-0.39, 0.29) is 0 Å². The van der Waals surface area contributed by atoms with Crippen molar-refractivity contribution in [3.8, 4) is 11.5 Å². The zero-order valence-corrected chi connectivity index (χ0v) is 16.0. The Morgan fingerprint density at radius 3 is 2.76 bits per heavy atom. The number of methoxy groups -OCH3 is 2. The largest absolute Gasteiger partial charge is 0.497 e. The highest BCUT2D eigenvalue weighted by atomic mass is 79.9. The fraction of sp³-hybridized carbons (Fsp3) is 0.353. The van der Waals surface area contributed by atoms with Crippen molar-refractivity contribution >= 4 is 27.4 Å². The quantitative estimate of drug-likeness (QED) is 0.648. The van der Waals surface area contributed by atoms with Crippen LogP contribution in [-0.4, -0.2) is 33.8 Å². The number of nitrogens with one attached hydrogen (secondary N) is 1. The predicted octanol–water partition coefficient (Wildman–Crippen LogP) is 3.47. The van der Waals surface area contributed by atoms with E-state index in [4.69, 9.17) is 9.47 Å². The lowest BCUT2D eigenvalue weighted by Gasteiger charge is -2.12. The van der Waals surface area contributed by atoms with E-state index >= 15 is 0 Å². The molecular formula is C17H20BrN5O2. The van der Waals surface area contributed by atoms with Crippen LogP contribution >= 0.6 is 15.9 Å². The van der Waals surface area contributed by atoms with Gasteiger partial charge in [-0.3, -0.25) is 0 Å². The second kappa shape index (κ2) is 7.69. The maximum Gasteiger partial charge on any atom is 0.198 e. The second-order valence-corrected chi connectivity index (χ2v) is 6.30. The van der Waals surface area contributed by atoms with Gasteiger partial charge in [0.25, 0.3) is 0 Å². The summed E-state index contributed by atoms with van der Waals surface area (Å²) in [7, 11) is 3.28. The van der Waals surface area contributed by atoms with E-state index < -0.39 is 0 Å². The zero-order valence-electron chi connectivity index (χ0n) is 14.4. The molecular weight excluding hydrogens is 386 g/mol. The lowest BCUT2D eigenvalue weighted by Crippen LogP contribution is -2.06. The molecule has 0 radical (unpaired) electrons. The first kappa shape index (κ1) is 17.5. The number of ether oxygens (including phenoxy) is 2. The number of rotatable bonds is 7. The Hall–Kier alpha value is -2.35. The van der Waals surface area contributed by atoms with Crippen LogP contribution < -0.4 is 14.8 Å². The summed E-state index contributed by atoms with van der Waals surface area (Å²) in [5, 5.41) is 7.82. The number of halogens is 1. The van der Waals surface area contributed by atoms with Gasteiger partial charge in [-0.25, -0.2) is 14.5 Å². The summed E-state index contributed by atoms with van der Waals surface area (Å²) in [5.74, 6) is 2.99. The van der Waals surface area contributed by atoms with E-state index in [2.05, 4.69) is 43.2 Å². The minimum atomic E-state index is 0.544. The molecule has 7 nitrogen and oxygen atoms in total. The summed E-state index contributed by atoms with van der Waals surface area (Å²) < 4.78 is 13.1. The lowest BCUT2D eigenvalue weighted by molar-refractivity contribution is 0.391. The first-order chi connectivity index (χ1) is 12.1. The van der Waals surface area contributed by atoms with Crippen molar-refractivity contribution in [3.05, 3.63) is 40.4 Å². The average Bonchev–Trinajstić information content (AvgIpc) is 3.02. The molecule has 0 saturated carbocycles. The summed E-state index contributed by atoms with van der Waals surface area (Å²) in [6, 6.07) is 5.73. The van der Waals surface area contributed by atoms with Crippen LogP contribution in [0.5, 0.6) is 11.5 Å². The Morgan fingerprint density at radius 1 is 1.20 bits per heavy atom. The molecule has 132 valence electrons. The molecule has 3 aromatic rings. The molecule has 0 spiro atoms. The predicted molar refractivity (Wildman–Crippen MR) is 99.3 cm³/mol. The third-order valence-electron chi connectivity index (χ3n) is 3.75. The number of hydrogen-bond donors (Lipinski definition) is 1. The number of aryl methyl sites for hydroxylation is 1. The van der Waals surface area contributed by atoms with Gasteiger partial charge in [-0.05, 0) is 34.5 Å². The first-order valence-electron chi connectivity index (χ1n) is 8.01. The Morgan fingerprint density at radius 2 is 2.04 bits per heavy atom. The molecule has 3 rings (SSSR count). The van der Waals surface area contributed by atoms with E-state index in [0.29, 0.717) is 22.6 Å². The van der Waals surface area contributed by atoms with Crippen molar-refractivity contribution in [1.29, 1.82) is 0 Å². The van der Waals surface area contributed by atoms with Crippen LogP contribution in [-0.2, 0) is 13.0 Å². The molecule has 2 aromatic heterocycles. The summed E-state index contributed by atoms with van der Waals surface area (Å²) in [4.78, 5) is 9.08. The fourth-order valence-corrected chi connectivity index (χ4v) is 2.90. The Labute approximate surface area is 154 Å². The summed E-state index contributed by atoms with van der Waals surface area (Å²) >= 11 is 3.42. The SMILES string of the molecule is CCCc1nc2c(NCc3ccc(OC)cc3OC)nc(Br)cn2n1. The van der Waals surface area contributed by atoms with E-state index in [1.54, 1.807) is 24.9 Å². The zero-order chi connectivity index (χ0) is 17.8. The van der Waals surface area contributed by atoms with Crippen LogP contribution in [0.4, 0.5) is 5.82 Å². The van der Waals surface area contributed by atoms with Crippen molar-refractivity contribution in [2.75, 3.05) is 19.5 Å². The van der Waals surface area contributed by atoms with Crippen molar-refractivity contribution < 1.29 is 9.47 Å². The van der Waals surface area contributed by atoms with Gasteiger partial charge in [-0.1, -0.05) is 6.92 Å². The summed E-state index contributed by atoms with van der Waals surface area (Å²) in [6.45, 7) is 2.65. The van der Waals surface area contributed by atoms with E-state index in [0.717, 1.165) is 35.7 Å². The molecule has 25 heavy (non-hydrogen) atoms. The number of fused-ring (bicyclic) bond motifs is 1. The molecule has 1 N–H and O–H groups in total. The van der Waals surface area contributed by atoms with Gasteiger partial charge < -0.3 is 14.8 Å². The lowest BCUT2D eigenvalue weighted by atomic mass is 10.2. The maximum absolute atomic E-state index is 5.44. The summed E-state index contributed by atoms with van der Waals surface area (Å²) in [6.07, 6.45) is 3.64. The van der Waals surface area contributed by atoms with Gasteiger partial charge in [0.05, 0.1) is 20.4 Å². The third-order valence-corrected chi connectivity index (χ3v) is 4.13. The smallest absolute Gasteiger partial charge is 0.198 e. The highest BCUT2D eigenvalue weighted by molar-refractivity contribution is 9.10. The maximum atomic E-state index is 5.44. The highest BCUT2D eigenvalue weighted by Crippen LogP contribution is 2.26. The van der Waals surface area contributed by atoms with Gasteiger partial charge in [0.15, 0.2) is 17.3 Å². The molecule has 1 aromatic carbocycles. The number of aromatic nitrogens is 4.